The van der Waals surface area contributed by atoms with Crippen molar-refractivity contribution in [3.8, 4) is 0 Å². The summed E-state index contributed by atoms with van der Waals surface area (Å²) in [4.78, 5) is 14.6. The van der Waals surface area contributed by atoms with Gasteiger partial charge in [-0.05, 0) is 19.1 Å². The SMILES string of the molecule is CC1CSCCN1CC(=O)Nc1cccc(C(N)=S)c1. The normalized spacial score (nSPS) is 19.6. The van der Waals surface area contributed by atoms with Crippen LogP contribution in [-0.4, -0.2) is 46.4 Å². The Morgan fingerprint density at radius 3 is 3.10 bits per heavy atom. The molecule has 1 aliphatic rings. The first kappa shape index (κ1) is 15.3. The maximum Gasteiger partial charge on any atom is 0.238 e. The summed E-state index contributed by atoms with van der Waals surface area (Å²) in [5, 5.41) is 2.90. The van der Waals surface area contributed by atoms with E-state index in [2.05, 4.69) is 17.1 Å². The molecule has 2 rings (SSSR count). The number of rotatable bonds is 4. The Balaban J connectivity index is 1.94. The number of amides is 1. The Labute approximate surface area is 129 Å². The number of hydrogen-bond acceptors (Lipinski definition) is 4. The van der Waals surface area contributed by atoms with Gasteiger partial charge in [0.15, 0.2) is 0 Å². The van der Waals surface area contributed by atoms with Gasteiger partial charge in [-0.2, -0.15) is 11.8 Å². The molecule has 4 nitrogen and oxygen atoms in total. The number of benzene rings is 1. The molecule has 1 aliphatic heterocycles. The molecule has 0 spiro atoms. The summed E-state index contributed by atoms with van der Waals surface area (Å²) < 4.78 is 0. The molecule has 0 aliphatic carbocycles. The van der Waals surface area contributed by atoms with Gasteiger partial charge in [0.05, 0.1) is 6.54 Å². The molecule has 0 bridgehead atoms. The van der Waals surface area contributed by atoms with Crippen LogP contribution in [0.2, 0.25) is 0 Å². The van der Waals surface area contributed by atoms with E-state index in [0.29, 0.717) is 17.6 Å². The highest BCUT2D eigenvalue weighted by atomic mass is 32.2. The van der Waals surface area contributed by atoms with Gasteiger partial charge < -0.3 is 11.1 Å². The second kappa shape index (κ2) is 7.06. The average molecular weight is 309 g/mol. The number of nitrogens with one attached hydrogen (secondary N) is 1. The van der Waals surface area contributed by atoms with E-state index in [4.69, 9.17) is 18.0 Å². The minimum absolute atomic E-state index is 0.00356. The smallest absolute Gasteiger partial charge is 0.238 e. The highest BCUT2D eigenvalue weighted by molar-refractivity contribution is 7.99. The molecular formula is C14H19N3OS2. The molecule has 1 unspecified atom stereocenters. The maximum absolute atomic E-state index is 12.1. The van der Waals surface area contributed by atoms with Crippen molar-refractivity contribution >= 4 is 40.6 Å². The standard InChI is InChI=1S/C14H19N3OS2/c1-10-9-20-6-5-17(10)8-13(18)16-12-4-2-3-11(7-12)14(15)19/h2-4,7,10H,5-6,8-9H2,1H3,(H2,15,19)(H,16,18). The second-order valence-electron chi connectivity index (χ2n) is 4.89. The first-order valence-corrected chi connectivity index (χ1v) is 8.14. The van der Waals surface area contributed by atoms with Crippen LogP contribution in [0.4, 0.5) is 5.69 Å². The Kier molecular flexibility index (Phi) is 5.39. The van der Waals surface area contributed by atoms with Gasteiger partial charge in [0.1, 0.15) is 4.99 Å². The summed E-state index contributed by atoms with van der Waals surface area (Å²) in [7, 11) is 0. The van der Waals surface area contributed by atoms with Gasteiger partial charge in [0.2, 0.25) is 5.91 Å². The number of thioether (sulfide) groups is 1. The van der Waals surface area contributed by atoms with E-state index < -0.39 is 0 Å². The number of anilines is 1. The van der Waals surface area contributed by atoms with Gasteiger partial charge >= 0.3 is 0 Å². The lowest BCUT2D eigenvalue weighted by Gasteiger charge is -2.32. The molecule has 1 aromatic rings. The molecule has 6 heteroatoms. The Morgan fingerprint density at radius 2 is 2.40 bits per heavy atom. The summed E-state index contributed by atoms with van der Waals surface area (Å²) in [6.07, 6.45) is 0. The third-order valence-electron chi connectivity index (χ3n) is 3.28. The molecule has 1 aromatic carbocycles. The molecule has 0 aromatic heterocycles. The molecule has 0 radical (unpaired) electrons. The van der Waals surface area contributed by atoms with Crippen molar-refractivity contribution in [1.29, 1.82) is 0 Å². The second-order valence-corrected chi connectivity index (χ2v) is 6.48. The molecular weight excluding hydrogens is 290 g/mol. The quantitative estimate of drug-likeness (QED) is 0.829. The molecule has 108 valence electrons. The van der Waals surface area contributed by atoms with Crippen LogP contribution in [0.1, 0.15) is 12.5 Å². The minimum Gasteiger partial charge on any atom is -0.389 e. The monoisotopic (exact) mass is 309 g/mol. The first-order valence-electron chi connectivity index (χ1n) is 6.58. The summed E-state index contributed by atoms with van der Waals surface area (Å²) in [5.74, 6) is 2.18. The van der Waals surface area contributed by atoms with Crippen molar-refractivity contribution < 1.29 is 4.79 Å². The van der Waals surface area contributed by atoms with Crippen molar-refractivity contribution in [3.63, 3.8) is 0 Å². The lowest BCUT2D eigenvalue weighted by Crippen LogP contribution is -2.44. The van der Waals surface area contributed by atoms with Crippen LogP contribution in [0.15, 0.2) is 24.3 Å². The van der Waals surface area contributed by atoms with Gasteiger partial charge in [-0.15, -0.1) is 0 Å². The predicted molar refractivity (Wildman–Crippen MR) is 89.3 cm³/mol. The van der Waals surface area contributed by atoms with Crippen molar-refractivity contribution in [2.75, 3.05) is 29.9 Å². The summed E-state index contributed by atoms with van der Waals surface area (Å²) in [6.45, 7) is 3.55. The lowest BCUT2D eigenvalue weighted by molar-refractivity contribution is -0.117. The van der Waals surface area contributed by atoms with Crippen LogP contribution < -0.4 is 11.1 Å². The third kappa shape index (κ3) is 4.19. The van der Waals surface area contributed by atoms with Crippen molar-refractivity contribution in [3.05, 3.63) is 29.8 Å². The van der Waals surface area contributed by atoms with E-state index in [1.54, 1.807) is 6.07 Å². The average Bonchev–Trinajstić information content (AvgIpc) is 2.41. The van der Waals surface area contributed by atoms with Crippen molar-refractivity contribution in [1.82, 2.24) is 4.90 Å². The molecule has 1 amide bonds. The number of carbonyl (C=O) groups is 1. The van der Waals surface area contributed by atoms with Gasteiger partial charge in [-0.3, -0.25) is 9.69 Å². The fourth-order valence-electron chi connectivity index (χ4n) is 2.13. The number of carbonyl (C=O) groups excluding carboxylic acids is 1. The number of nitrogens with two attached hydrogens (primary N) is 1. The molecule has 1 atom stereocenters. The van der Waals surface area contributed by atoms with E-state index in [0.717, 1.165) is 29.3 Å². The Hall–Kier alpha value is -1.11. The Morgan fingerprint density at radius 1 is 1.60 bits per heavy atom. The summed E-state index contributed by atoms with van der Waals surface area (Å²) in [6, 6.07) is 7.76. The van der Waals surface area contributed by atoms with Crippen LogP contribution in [0.3, 0.4) is 0 Å². The molecule has 3 N–H and O–H groups in total. The molecule has 1 fully saturated rings. The topological polar surface area (TPSA) is 58.4 Å². The number of nitrogens with zero attached hydrogens (tertiary/aromatic N) is 1. The van der Waals surface area contributed by atoms with Crippen molar-refractivity contribution in [2.24, 2.45) is 5.73 Å². The first-order chi connectivity index (χ1) is 9.56. The fraction of sp³-hybridized carbons (Fsp3) is 0.429. The predicted octanol–water partition coefficient (Wildman–Crippen LogP) is 1.70. The van der Waals surface area contributed by atoms with Crippen LogP contribution in [0.25, 0.3) is 0 Å². The van der Waals surface area contributed by atoms with E-state index in [1.165, 1.54) is 0 Å². The summed E-state index contributed by atoms with van der Waals surface area (Å²) >= 11 is 6.88. The van der Waals surface area contributed by atoms with Crippen LogP contribution in [0, 0.1) is 0 Å². The highest BCUT2D eigenvalue weighted by Gasteiger charge is 2.20. The van der Waals surface area contributed by atoms with Crippen LogP contribution in [0.5, 0.6) is 0 Å². The molecule has 1 saturated heterocycles. The summed E-state index contributed by atoms with van der Waals surface area (Å²) in [5.41, 5.74) is 7.09. The Bertz CT molecular complexity index is 507. The van der Waals surface area contributed by atoms with Gasteiger partial charge in [0, 0.05) is 35.3 Å². The van der Waals surface area contributed by atoms with E-state index in [-0.39, 0.29) is 5.91 Å². The fourth-order valence-corrected chi connectivity index (χ4v) is 3.34. The minimum atomic E-state index is 0.00356. The lowest BCUT2D eigenvalue weighted by atomic mass is 10.2. The zero-order chi connectivity index (χ0) is 14.5. The van der Waals surface area contributed by atoms with E-state index in [1.807, 2.05) is 30.0 Å². The largest absolute Gasteiger partial charge is 0.389 e. The zero-order valence-electron chi connectivity index (χ0n) is 11.5. The van der Waals surface area contributed by atoms with Crippen LogP contribution in [-0.2, 0) is 4.79 Å². The number of hydrogen-bond donors (Lipinski definition) is 2. The van der Waals surface area contributed by atoms with E-state index in [9.17, 15) is 4.79 Å². The number of thiocarbonyl (C=S) groups is 1. The molecule has 1 heterocycles. The van der Waals surface area contributed by atoms with Crippen molar-refractivity contribution in [2.45, 2.75) is 13.0 Å². The van der Waals surface area contributed by atoms with E-state index >= 15 is 0 Å². The van der Waals surface area contributed by atoms with Gasteiger partial charge in [-0.25, -0.2) is 0 Å². The highest BCUT2D eigenvalue weighted by Crippen LogP contribution is 2.16. The van der Waals surface area contributed by atoms with Gasteiger partial charge in [-0.1, -0.05) is 24.4 Å². The molecule has 0 saturated carbocycles. The zero-order valence-corrected chi connectivity index (χ0v) is 13.1. The third-order valence-corrected chi connectivity index (χ3v) is 4.71. The maximum atomic E-state index is 12.1. The van der Waals surface area contributed by atoms with Crippen LogP contribution >= 0.6 is 24.0 Å². The molecule has 20 heavy (non-hydrogen) atoms. The van der Waals surface area contributed by atoms with Gasteiger partial charge in [0.25, 0.3) is 0 Å².